The lowest BCUT2D eigenvalue weighted by Crippen LogP contribution is -2.53. The summed E-state index contributed by atoms with van der Waals surface area (Å²) in [5, 5.41) is 4.40. The average Bonchev–Trinajstić information content (AvgIpc) is 3.12. The fraction of sp³-hybridized carbons (Fsp3) is 0.304. The molecule has 4 rings (SSSR count). The van der Waals surface area contributed by atoms with E-state index in [1.165, 1.54) is 6.92 Å². The Labute approximate surface area is 180 Å². The summed E-state index contributed by atoms with van der Waals surface area (Å²) in [6.07, 6.45) is 0. The molecule has 6 nitrogen and oxygen atoms in total. The molecule has 1 amide bonds. The number of hydrogen-bond acceptors (Lipinski definition) is 5. The summed E-state index contributed by atoms with van der Waals surface area (Å²) in [5.41, 5.74) is 2.05. The fourth-order valence-electron chi connectivity index (χ4n) is 3.87. The summed E-state index contributed by atoms with van der Waals surface area (Å²) < 4.78 is 5.66. The summed E-state index contributed by atoms with van der Waals surface area (Å²) in [7, 11) is 0. The van der Waals surface area contributed by atoms with Gasteiger partial charge in [-0.25, -0.2) is 0 Å². The monoisotopic (exact) mass is 425 g/mol. The zero-order chi connectivity index (χ0) is 21.3. The van der Waals surface area contributed by atoms with E-state index < -0.39 is 0 Å². The molecule has 2 heterocycles. The number of hydrogen-bond donors (Lipinski definition) is 1. The highest BCUT2D eigenvalue weighted by Crippen LogP contribution is 2.31. The molecule has 1 N–H and O–H groups in total. The third-order valence-corrected chi connectivity index (χ3v) is 5.92. The predicted octanol–water partition coefficient (Wildman–Crippen LogP) is 4.44. The average molecular weight is 426 g/mol. The number of furan rings is 1. The van der Waals surface area contributed by atoms with Gasteiger partial charge >= 0.3 is 0 Å². The molecule has 1 fully saturated rings. The van der Waals surface area contributed by atoms with Crippen molar-refractivity contribution in [3.05, 3.63) is 59.3 Å². The zero-order valence-corrected chi connectivity index (χ0v) is 17.8. The zero-order valence-electron chi connectivity index (χ0n) is 17.0. The van der Waals surface area contributed by atoms with Crippen LogP contribution in [0.1, 0.15) is 24.4 Å². The number of para-hydroxylation sites is 2. The van der Waals surface area contributed by atoms with E-state index in [2.05, 4.69) is 15.1 Å². The van der Waals surface area contributed by atoms with E-state index in [1.807, 2.05) is 49.4 Å². The minimum atomic E-state index is -0.341. The van der Waals surface area contributed by atoms with Crippen molar-refractivity contribution in [2.45, 2.75) is 19.9 Å². The highest BCUT2D eigenvalue weighted by molar-refractivity contribution is 6.33. The second-order valence-corrected chi connectivity index (χ2v) is 7.91. The molecule has 1 aliphatic rings. The molecule has 1 aliphatic heterocycles. The Morgan fingerprint density at radius 3 is 2.40 bits per heavy atom. The number of nitrogens with zero attached hydrogens (tertiary/aromatic N) is 2. The fourth-order valence-corrected chi connectivity index (χ4v) is 4.12. The molecule has 1 aromatic heterocycles. The molecule has 30 heavy (non-hydrogen) atoms. The number of ketones is 1. The van der Waals surface area contributed by atoms with Gasteiger partial charge in [0.15, 0.2) is 11.5 Å². The van der Waals surface area contributed by atoms with Crippen LogP contribution in [-0.2, 0) is 4.79 Å². The van der Waals surface area contributed by atoms with Gasteiger partial charge in [0.1, 0.15) is 5.58 Å². The Morgan fingerprint density at radius 2 is 1.70 bits per heavy atom. The van der Waals surface area contributed by atoms with E-state index in [4.69, 9.17) is 16.0 Å². The summed E-state index contributed by atoms with van der Waals surface area (Å²) in [4.78, 5) is 29.4. The summed E-state index contributed by atoms with van der Waals surface area (Å²) in [5.74, 6) is -0.196. The van der Waals surface area contributed by atoms with Crippen LogP contribution in [0.25, 0.3) is 11.0 Å². The number of halogens is 1. The third kappa shape index (κ3) is 3.93. The van der Waals surface area contributed by atoms with Crippen molar-refractivity contribution in [1.29, 1.82) is 0 Å². The maximum absolute atomic E-state index is 13.0. The molecule has 2 aromatic carbocycles. The van der Waals surface area contributed by atoms with Crippen LogP contribution in [0.4, 0.5) is 11.4 Å². The van der Waals surface area contributed by atoms with E-state index >= 15 is 0 Å². The van der Waals surface area contributed by atoms with E-state index in [-0.39, 0.29) is 23.5 Å². The van der Waals surface area contributed by atoms with Gasteiger partial charge in [-0.3, -0.25) is 14.5 Å². The van der Waals surface area contributed by atoms with Crippen LogP contribution in [0.15, 0.2) is 52.9 Å². The van der Waals surface area contributed by atoms with Gasteiger partial charge in [0, 0.05) is 38.5 Å². The van der Waals surface area contributed by atoms with Gasteiger partial charge in [-0.1, -0.05) is 35.9 Å². The van der Waals surface area contributed by atoms with Crippen molar-refractivity contribution < 1.29 is 14.0 Å². The molecule has 1 saturated heterocycles. The lowest BCUT2D eigenvalue weighted by Gasteiger charge is -2.38. The van der Waals surface area contributed by atoms with Crippen molar-refractivity contribution in [2.24, 2.45) is 0 Å². The first-order chi connectivity index (χ1) is 14.5. The van der Waals surface area contributed by atoms with Gasteiger partial charge in [-0.05, 0) is 31.2 Å². The van der Waals surface area contributed by atoms with Gasteiger partial charge < -0.3 is 14.6 Å². The normalized spacial score (nSPS) is 15.9. The Morgan fingerprint density at radius 1 is 1.03 bits per heavy atom. The van der Waals surface area contributed by atoms with Crippen molar-refractivity contribution >= 4 is 45.6 Å². The summed E-state index contributed by atoms with van der Waals surface area (Å²) in [6.45, 7) is 6.38. The highest BCUT2D eigenvalue weighted by Gasteiger charge is 2.28. The third-order valence-electron chi connectivity index (χ3n) is 5.60. The van der Waals surface area contributed by atoms with Crippen molar-refractivity contribution in [1.82, 2.24) is 4.90 Å². The van der Waals surface area contributed by atoms with Gasteiger partial charge in [0.05, 0.1) is 22.4 Å². The van der Waals surface area contributed by atoms with Crippen LogP contribution >= 0.6 is 11.6 Å². The molecule has 0 aliphatic carbocycles. The number of carbonyl (C=O) groups is 2. The van der Waals surface area contributed by atoms with Crippen LogP contribution in [0.3, 0.4) is 0 Å². The molecule has 0 saturated carbocycles. The molecule has 156 valence electrons. The highest BCUT2D eigenvalue weighted by atomic mass is 35.5. The van der Waals surface area contributed by atoms with Gasteiger partial charge in [-0.2, -0.15) is 0 Å². The van der Waals surface area contributed by atoms with Crippen molar-refractivity contribution in [3.8, 4) is 0 Å². The number of amides is 1. The molecule has 1 unspecified atom stereocenters. The maximum Gasteiger partial charge on any atom is 0.241 e. The largest absolute Gasteiger partial charge is 0.451 e. The number of rotatable bonds is 5. The molecule has 3 aromatic rings. The van der Waals surface area contributed by atoms with Crippen molar-refractivity contribution in [2.75, 3.05) is 36.4 Å². The second kappa shape index (κ2) is 8.50. The van der Waals surface area contributed by atoms with Crippen LogP contribution in [0.5, 0.6) is 0 Å². The minimum Gasteiger partial charge on any atom is -0.451 e. The number of piperazine rings is 1. The van der Waals surface area contributed by atoms with Crippen LogP contribution in [-0.4, -0.2) is 48.8 Å². The number of benzene rings is 2. The van der Waals surface area contributed by atoms with Crippen LogP contribution in [0.2, 0.25) is 5.02 Å². The van der Waals surface area contributed by atoms with E-state index in [0.29, 0.717) is 11.3 Å². The Kier molecular flexibility index (Phi) is 5.79. The minimum absolute atomic E-state index is 0.157. The van der Waals surface area contributed by atoms with Crippen LogP contribution < -0.4 is 10.2 Å². The number of carbonyl (C=O) groups excluding carboxylic acids is 2. The molecule has 0 spiro atoms. The Hall–Kier alpha value is -2.83. The number of anilines is 2. The maximum atomic E-state index is 13.0. The lowest BCUT2D eigenvalue weighted by atomic mass is 10.1. The molecule has 0 bridgehead atoms. The van der Waals surface area contributed by atoms with Gasteiger partial charge in [0.2, 0.25) is 5.91 Å². The Balaban J connectivity index is 1.45. The molecule has 0 radical (unpaired) electrons. The molecular weight excluding hydrogens is 402 g/mol. The molecule has 7 heteroatoms. The topological polar surface area (TPSA) is 65.8 Å². The molecule has 1 atom stereocenters. The first-order valence-corrected chi connectivity index (χ1v) is 10.4. The predicted molar refractivity (Wildman–Crippen MR) is 120 cm³/mol. The van der Waals surface area contributed by atoms with Gasteiger partial charge in [0.25, 0.3) is 0 Å². The van der Waals surface area contributed by atoms with E-state index in [1.54, 1.807) is 6.07 Å². The van der Waals surface area contributed by atoms with E-state index in [0.717, 1.165) is 42.3 Å². The van der Waals surface area contributed by atoms with E-state index in [9.17, 15) is 9.59 Å². The number of Topliss-reactive ketones (excluding diaryl/α,β-unsaturated/α-hetero) is 1. The van der Waals surface area contributed by atoms with Crippen molar-refractivity contribution in [3.63, 3.8) is 0 Å². The van der Waals surface area contributed by atoms with Crippen LogP contribution in [0, 0.1) is 0 Å². The first-order valence-electron chi connectivity index (χ1n) is 10.0. The smallest absolute Gasteiger partial charge is 0.241 e. The first kappa shape index (κ1) is 20.4. The Bertz CT molecular complexity index is 1090. The second-order valence-electron chi connectivity index (χ2n) is 7.50. The number of fused-ring (bicyclic) bond motifs is 1. The number of nitrogens with one attached hydrogen (secondary N) is 1. The lowest BCUT2D eigenvalue weighted by molar-refractivity contribution is -0.120. The summed E-state index contributed by atoms with van der Waals surface area (Å²) >= 11 is 6.32. The standard InChI is InChI=1S/C23H24ClN3O3/c1-15(26-11-13-27(14-12-26)19-9-5-4-8-18(19)24)23(29)25-21-17-7-3-6-10-20(17)30-22(21)16(2)28/h3-10,15H,11-14H2,1-2H3,(H,25,29). The quantitative estimate of drug-likeness (QED) is 0.612. The SMILES string of the molecule is CC(=O)c1oc2ccccc2c1NC(=O)C(C)N1CCN(c2ccccc2Cl)CC1. The molecular formula is C23H24ClN3O3. The van der Waals surface area contributed by atoms with Gasteiger partial charge in [-0.15, -0.1) is 0 Å². The summed E-state index contributed by atoms with van der Waals surface area (Å²) in [6, 6.07) is 14.8.